The maximum atomic E-state index is 13.3. The molecule has 1 atom stereocenters. The van der Waals surface area contributed by atoms with Crippen LogP contribution in [0.25, 0.3) is 5.76 Å². The van der Waals surface area contributed by atoms with Crippen LogP contribution in [-0.2, 0) is 9.59 Å². The number of benzene rings is 2. The van der Waals surface area contributed by atoms with E-state index in [0.29, 0.717) is 34.1 Å². The highest BCUT2D eigenvalue weighted by Gasteiger charge is 2.48. The molecule has 174 valence electrons. The fourth-order valence-electron chi connectivity index (χ4n) is 3.97. The lowest BCUT2D eigenvalue weighted by molar-refractivity contribution is -0.132. The molecular weight excluding hydrogens is 452 g/mol. The number of amides is 1. The molecule has 1 aromatic heterocycles. The molecule has 4 rings (SSSR count). The first-order chi connectivity index (χ1) is 16.2. The van der Waals surface area contributed by atoms with E-state index in [9.17, 15) is 19.5 Å². The maximum absolute atomic E-state index is 13.3. The molecule has 0 spiro atoms. The number of aliphatic hydroxyl groups excluding tert-OH is 1. The van der Waals surface area contributed by atoms with Gasteiger partial charge in [0.25, 0.3) is 5.78 Å². The molecule has 1 aliphatic rings. The van der Waals surface area contributed by atoms with Crippen molar-refractivity contribution in [1.82, 2.24) is 4.98 Å². The molecule has 0 aliphatic carbocycles. The van der Waals surface area contributed by atoms with Crippen LogP contribution < -0.4 is 9.64 Å². The van der Waals surface area contributed by atoms with Crippen molar-refractivity contribution in [3.05, 3.63) is 81.4 Å². The van der Waals surface area contributed by atoms with Gasteiger partial charge in [-0.3, -0.25) is 19.3 Å². The molecule has 8 heteroatoms. The van der Waals surface area contributed by atoms with Gasteiger partial charge in [0.2, 0.25) is 0 Å². The number of carbonyl (C=O) groups excluding carboxylic acids is 3. The minimum atomic E-state index is -0.938. The summed E-state index contributed by atoms with van der Waals surface area (Å²) in [6.07, 6.45) is 0. The summed E-state index contributed by atoms with van der Waals surface area (Å²) in [5, 5.41) is 11.4. The Balaban J connectivity index is 1.95. The number of hydrogen-bond acceptors (Lipinski definition) is 7. The van der Waals surface area contributed by atoms with Crippen molar-refractivity contribution in [3.8, 4) is 5.75 Å². The molecule has 1 unspecified atom stereocenters. The van der Waals surface area contributed by atoms with E-state index in [1.165, 1.54) is 11.8 Å². The van der Waals surface area contributed by atoms with Gasteiger partial charge < -0.3 is 9.84 Å². The molecule has 1 aliphatic heterocycles. The van der Waals surface area contributed by atoms with Gasteiger partial charge >= 0.3 is 5.91 Å². The number of ether oxygens (including phenoxy) is 1. The minimum absolute atomic E-state index is 0.0419. The number of Topliss-reactive ketones (excluding diaryl/α,β-unsaturated/α-hetero) is 2. The van der Waals surface area contributed by atoms with Crippen LogP contribution in [0.1, 0.15) is 51.9 Å². The topological polar surface area (TPSA) is 96.8 Å². The second-order valence-electron chi connectivity index (χ2n) is 8.01. The standard InChI is InChI=1S/C26H24N2O5S/c1-5-33-19-8-6-7-18(13-19)21-20(22(30)17-11-9-14(2)10-12-17)23(31)25(32)28(21)26-27-15(3)24(34-26)16(4)29/h6-13,21,30H,5H2,1-4H3/b22-20-. The van der Waals surface area contributed by atoms with E-state index < -0.39 is 17.7 Å². The van der Waals surface area contributed by atoms with E-state index in [-0.39, 0.29) is 22.2 Å². The number of aryl methyl sites for hydroxylation is 2. The molecule has 1 N–H and O–H groups in total. The van der Waals surface area contributed by atoms with Crippen molar-refractivity contribution in [1.29, 1.82) is 0 Å². The zero-order chi connectivity index (χ0) is 24.6. The lowest BCUT2D eigenvalue weighted by Crippen LogP contribution is -2.29. The molecule has 2 aromatic carbocycles. The number of ketones is 2. The fourth-order valence-corrected chi connectivity index (χ4v) is 4.95. The molecule has 0 bridgehead atoms. The fraction of sp³-hybridized carbons (Fsp3) is 0.231. The first-order valence-electron chi connectivity index (χ1n) is 10.8. The molecule has 1 fully saturated rings. The third kappa shape index (κ3) is 4.12. The molecule has 7 nitrogen and oxygen atoms in total. The van der Waals surface area contributed by atoms with Crippen LogP contribution in [0.2, 0.25) is 0 Å². The quantitative estimate of drug-likeness (QED) is 0.233. The van der Waals surface area contributed by atoms with Crippen molar-refractivity contribution < 1.29 is 24.2 Å². The number of nitrogens with zero attached hydrogens (tertiary/aromatic N) is 2. The lowest BCUT2D eigenvalue weighted by atomic mass is 9.95. The average Bonchev–Trinajstić information content (AvgIpc) is 3.31. The third-order valence-corrected chi connectivity index (χ3v) is 6.82. The molecule has 2 heterocycles. The van der Waals surface area contributed by atoms with Crippen LogP contribution in [0.4, 0.5) is 5.13 Å². The van der Waals surface area contributed by atoms with E-state index in [1.807, 2.05) is 26.0 Å². The van der Waals surface area contributed by atoms with Gasteiger partial charge in [0, 0.05) is 12.5 Å². The van der Waals surface area contributed by atoms with Crippen LogP contribution >= 0.6 is 11.3 Å². The normalized spacial score (nSPS) is 17.3. The minimum Gasteiger partial charge on any atom is -0.507 e. The Hall–Kier alpha value is -3.78. The van der Waals surface area contributed by atoms with Gasteiger partial charge in [-0.1, -0.05) is 53.3 Å². The highest BCUT2D eigenvalue weighted by molar-refractivity contribution is 7.18. The lowest BCUT2D eigenvalue weighted by Gasteiger charge is -2.23. The number of carbonyl (C=O) groups is 3. The van der Waals surface area contributed by atoms with Crippen LogP contribution in [-0.4, -0.2) is 34.2 Å². The molecule has 34 heavy (non-hydrogen) atoms. The average molecular weight is 477 g/mol. The second-order valence-corrected chi connectivity index (χ2v) is 8.99. The summed E-state index contributed by atoms with van der Waals surface area (Å²) >= 11 is 1.05. The van der Waals surface area contributed by atoms with Crippen LogP contribution in [0.5, 0.6) is 5.75 Å². The second kappa shape index (κ2) is 9.23. The van der Waals surface area contributed by atoms with Gasteiger partial charge in [0.15, 0.2) is 10.9 Å². The summed E-state index contributed by atoms with van der Waals surface area (Å²) in [6.45, 7) is 7.33. The molecular formula is C26H24N2O5S. The van der Waals surface area contributed by atoms with E-state index in [0.717, 1.165) is 16.9 Å². The summed E-state index contributed by atoms with van der Waals surface area (Å²) in [7, 11) is 0. The van der Waals surface area contributed by atoms with Crippen molar-refractivity contribution in [2.24, 2.45) is 0 Å². The number of hydrogen-bond donors (Lipinski definition) is 1. The summed E-state index contributed by atoms with van der Waals surface area (Å²) in [6, 6.07) is 13.1. The SMILES string of the molecule is CCOc1cccc(C2/C(=C(/O)c3ccc(C)cc3)C(=O)C(=O)N2c2nc(C)c(C(C)=O)s2)c1. The maximum Gasteiger partial charge on any atom is 0.301 e. The van der Waals surface area contributed by atoms with E-state index in [1.54, 1.807) is 43.3 Å². The van der Waals surface area contributed by atoms with Crippen molar-refractivity contribution in [2.75, 3.05) is 11.5 Å². The van der Waals surface area contributed by atoms with Crippen molar-refractivity contribution in [3.63, 3.8) is 0 Å². The molecule has 1 amide bonds. The number of thiazole rings is 1. The Morgan fingerprint density at radius 3 is 2.47 bits per heavy atom. The van der Waals surface area contributed by atoms with Gasteiger partial charge in [-0.25, -0.2) is 4.98 Å². The first-order valence-corrected chi connectivity index (χ1v) is 11.6. The zero-order valence-corrected chi connectivity index (χ0v) is 20.1. The molecule has 0 radical (unpaired) electrons. The van der Waals surface area contributed by atoms with E-state index in [2.05, 4.69) is 4.98 Å². The highest BCUT2D eigenvalue weighted by Crippen LogP contribution is 2.44. The van der Waals surface area contributed by atoms with Crippen LogP contribution in [0.3, 0.4) is 0 Å². The van der Waals surface area contributed by atoms with E-state index >= 15 is 0 Å². The van der Waals surface area contributed by atoms with Crippen molar-refractivity contribution >= 4 is 39.7 Å². The number of rotatable bonds is 6. The van der Waals surface area contributed by atoms with Gasteiger partial charge in [-0.15, -0.1) is 0 Å². The molecule has 0 saturated carbocycles. The number of aliphatic hydroxyl groups is 1. The molecule has 1 saturated heterocycles. The highest BCUT2D eigenvalue weighted by atomic mass is 32.1. The van der Waals surface area contributed by atoms with Crippen LogP contribution in [0.15, 0.2) is 54.1 Å². The number of aromatic nitrogens is 1. The zero-order valence-electron chi connectivity index (χ0n) is 19.3. The Morgan fingerprint density at radius 2 is 1.85 bits per heavy atom. The Bertz CT molecular complexity index is 1320. The van der Waals surface area contributed by atoms with Crippen LogP contribution in [0, 0.1) is 13.8 Å². The van der Waals surface area contributed by atoms with Gasteiger partial charge in [-0.05, 0) is 38.5 Å². The van der Waals surface area contributed by atoms with Gasteiger partial charge in [0.05, 0.1) is 28.8 Å². The number of anilines is 1. The summed E-state index contributed by atoms with van der Waals surface area (Å²) in [5.41, 5.74) is 2.44. The third-order valence-electron chi connectivity index (χ3n) is 5.57. The van der Waals surface area contributed by atoms with Gasteiger partial charge in [-0.2, -0.15) is 0 Å². The van der Waals surface area contributed by atoms with Gasteiger partial charge in [0.1, 0.15) is 11.5 Å². The Labute approximate surface area is 201 Å². The van der Waals surface area contributed by atoms with Crippen molar-refractivity contribution in [2.45, 2.75) is 33.7 Å². The largest absolute Gasteiger partial charge is 0.507 e. The Kier molecular flexibility index (Phi) is 6.34. The Morgan fingerprint density at radius 1 is 1.15 bits per heavy atom. The summed E-state index contributed by atoms with van der Waals surface area (Å²) < 4.78 is 5.62. The summed E-state index contributed by atoms with van der Waals surface area (Å²) in [5.74, 6) is -1.51. The first kappa shape index (κ1) is 23.4. The molecule has 3 aromatic rings. The smallest absolute Gasteiger partial charge is 0.301 e. The summed E-state index contributed by atoms with van der Waals surface area (Å²) in [4.78, 5) is 44.7. The monoisotopic (exact) mass is 476 g/mol. The predicted molar refractivity (Wildman–Crippen MR) is 130 cm³/mol. The van der Waals surface area contributed by atoms with E-state index in [4.69, 9.17) is 4.74 Å². The predicted octanol–water partition coefficient (Wildman–Crippen LogP) is 4.99.